The average Bonchev–Trinajstić information content (AvgIpc) is 3.27. The summed E-state index contributed by atoms with van der Waals surface area (Å²) in [7, 11) is 0. The minimum Gasteiger partial charge on any atom is -0.372 e. The van der Waals surface area contributed by atoms with Crippen molar-refractivity contribution in [2.45, 2.75) is 77.6 Å². The number of fused-ring (bicyclic) bond motifs is 2. The van der Waals surface area contributed by atoms with Gasteiger partial charge in [-0.3, -0.25) is 9.69 Å². The number of nitrogens with zero attached hydrogens (tertiary/aromatic N) is 3. The first-order valence-corrected chi connectivity index (χ1v) is 9.96. The van der Waals surface area contributed by atoms with Gasteiger partial charge >= 0.3 is 0 Å². The monoisotopic (exact) mass is 361 g/mol. The molecule has 0 N–H and O–H groups in total. The molecule has 0 spiro atoms. The van der Waals surface area contributed by atoms with Crippen LogP contribution in [0.5, 0.6) is 0 Å². The van der Waals surface area contributed by atoms with Crippen molar-refractivity contribution in [2.75, 3.05) is 19.7 Å². The van der Waals surface area contributed by atoms with Crippen LogP contribution in [-0.2, 0) is 16.1 Å². The molecule has 6 nitrogen and oxygen atoms in total. The van der Waals surface area contributed by atoms with Crippen molar-refractivity contribution in [3.63, 3.8) is 0 Å². The first-order chi connectivity index (χ1) is 12.3. The van der Waals surface area contributed by atoms with E-state index in [9.17, 15) is 4.79 Å². The summed E-state index contributed by atoms with van der Waals surface area (Å²) in [6, 6.07) is 2.79. The smallest absolute Gasteiger partial charge is 0.230 e. The van der Waals surface area contributed by atoms with E-state index in [-0.39, 0.29) is 11.0 Å². The predicted molar refractivity (Wildman–Crippen MR) is 97.5 cm³/mol. The zero-order chi connectivity index (χ0) is 18.5. The lowest BCUT2D eigenvalue weighted by atomic mass is 9.70. The van der Waals surface area contributed by atoms with Crippen molar-refractivity contribution < 1.29 is 14.1 Å². The molecule has 0 aliphatic carbocycles. The third-order valence-electron chi connectivity index (χ3n) is 6.67. The van der Waals surface area contributed by atoms with Gasteiger partial charge in [0.25, 0.3) is 0 Å². The second-order valence-corrected chi connectivity index (χ2v) is 8.90. The molecule has 3 aliphatic heterocycles. The highest BCUT2D eigenvalue weighted by molar-refractivity contribution is 5.84. The summed E-state index contributed by atoms with van der Waals surface area (Å²) in [6.45, 7) is 11.1. The summed E-state index contributed by atoms with van der Waals surface area (Å²) in [4.78, 5) is 18.2. The number of morpholine rings is 1. The van der Waals surface area contributed by atoms with Crippen LogP contribution in [0, 0.1) is 12.3 Å². The summed E-state index contributed by atoms with van der Waals surface area (Å²) < 4.78 is 11.3. The van der Waals surface area contributed by atoms with Crippen molar-refractivity contribution >= 4 is 5.91 Å². The highest BCUT2D eigenvalue weighted by Gasteiger charge is 2.60. The van der Waals surface area contributed by atoms with Crippen LogP contribution in [0.2, 0.25) is 0 Å². The van der Waals surface area contributed by atoms with Crippen molar-refractivity contribution in [1.82, 2.24) is 15.0 Å². The number of rotatable bonds is 4. The molecule has 0 aromatic carbocycles. The summed E-state index contributed by atoms with van der Waals surface area (Å²) in [6.07, 6.45) is 4.15. The van der Waals surface area contributed by atoms with Crippen LogP contribution in [0.3, 0.4) is 0 Å². The van der Waals surface area contributed by atoms with Crippen LogP contribution in [-0.4, -0.2) is 58.2 Å². The minimum atomic E-state index is -0.259. The van der Waals surface area contributed by atoms with Crippen LogP contribution in [0.15, 0.2) is 10.6 Å². The summed E-state index contributed by atoms with van der Waals surface area (Å²) in [5.41, 5.74) is 0.406. The van der Waals surface area contributed by atoms with Gasteiger partial charge < -0.3 is 14.2 Å². The number of aryl methyl sites for hydroxylation is 1. The number of ether oxygens (including phenoxy) is 1. The highest BCUT2D eigenvalue weighted by atomic mass is 16.5. The van der Waals surface area contributed by atoms with Crippen LogP contribution in [0.1, 0.15) is 57.9 Å². The molecule has 26 heavy (non-hydrogen) atoms. The van der Waals surface area contributed by atoms with Gasteiger partial charge in [0.1, 0.15) is 0 Å². The molecule has 1 aromatic heterocycles. The normalized spacial score (nSPS) is 33.8. The summed E-state index contributed by atoms with van der Waals surface area (Å²) >= 11 is 0. The van der Waals surface area contributed by atoms with Crippen LogP contribution < -0.4 is 0 Å². The van der Waals surface area contributed by atoms with E-state index in [1.165, 1.54) is 6.42 Å². The van der Waals surface area contributed by atoms with E-state index in [0.29, 0.717) is 37.7 Å². The second-order valence-electron chi connectivity index (χ2n) is 8.90. The van der Waals surface area contributed by atoms with E-state index in [1.54, 1.807) is 0 Å². The molecular weight excluding hydrogens is 330 g/mol. The maximum Gasteiger partial charge on any atom is 0.230 e. The Balaban J connectivity index is 1.55. The number of hydrogen-bond donors (Lipinski definition) is 0. The Hall–Kier alpha value is -1.40. The third-order valence-corrected chi connectivity index (χ3v) is 6.67. The molecule has 1 aromatic rings. The molecule has 4 rings (SSSR count). The van der Waals surface area contributed by atoms with E-state index in [1.807, 2.05) is 13.0 Å². The highest BCUT2D eigenvalue weighted by Crippen LogP contribution is 2.53. The van der Waals surface area contributed by atoms with E-state index >= 15 is 0 Å². The predicted octanol–water partition coefficient (Wildman–Crippen LogP) is 2.75. The van der Waals surface area contributed by atoms with Gasteiger partial charge in [-0.05, 0) is 46.5 Å². The zero-order valence-electron chi connectivity index (χ0n) is 16.5. The topological polar surface area (TPSA) is 58.8 Å². The second kappa shape index (κ2) is 6.34. The number of carbonyl (C=O) groups is 1. The fraction of sp³-hybridized carbons (Fsp3) is 0.800. The van der Waals surface area contributed by atoms with Crippen LogP contribution >= 0.6 is 0 Å². The van der Waals surface area contributed by atoms with Gasteiger partial charge in [0.2, 0.25) is 5.91 Å². The molecular formula is C20H31N3O3. The Morgan fingerprint density at radius 2 is 2.19 bits per heavy atom. The fourth-order valence-corrected chi connectivity index (χ4v) is 5.48. The molecule has 4 heterocycles. The maximum absolute atomic E-state index is 13.6. The lowest BCUT2D eigenvalue weighted by Gasteiger charge is -2.44. The van der Waals surface area contributed by atoms with Gasteiger partial charge in [-0.2, -0.15) is 0 Å². The molecule has 3 fully saturated rings. The Labute approximate surface area is 155 Å². The van der Waals surface area contributed by atoms with Gasteiger partial charge in [-0.15, -0.1) is 0 Å². The van der Waals surface area contributed by atoms with Crippen molar-refractivity contribution in [3.8, 4) is 0 Å². The third kappa shape index (κ3) is 2.87. The van der Waals surface area contributed by atoms with Gasteiger partial charge in [-0.25, -0.2) is 0 Å². The number of aromatic nitrogens is 1. The zero-order valence-corrected chi connectivity index (χ0v) is 16.5. The largest absolute Gasteiger partial charge is 0.372 e. The van der Waals surface area contributed by atoms with Crippen LogP contribution in [0.25, 0.3) is 0 Å². The SMILES string of the molecule is CC[C@@]1(C(=O)N2CCOC(C)(C)C2)C[C@@H]2CC[C@H]1N2Cc1cc(C)no1. The first kappa shape index (κ1) is 18.0. The van der Waals surface area contributed by atoms with Gasteiger partial charge in [0.15, 0.2) is 5.76 Å². The molecule has 3 saturated heterocycles. The van der Waals surface area contributed by atoms with Gasteiger partial charge in [-0.1, -0.05) is 12.1 Å². The molecule has 0 radical (unpaired) electrons. The maximum atomic E-state index is 13.6. The molecule has 2 bridgehead atoms. The molecule has 0 saturated carbocycles. The molecule has 3 atom stereocenters. The molecule has 1 amide bonds. The number of amides is 1. The Kier molecular flexibility index (Phi) is 4.39. The Morgan fingerprint density at radius 1 is 1.38 bits per heavy atom. The quantitative estimate of drug-likeness (QED) is 0.825. The first-order valence-electron chi connectivity index (χ1n) is 9.96. The molecule has 0 unspecified atom stereocenters. The van der Waals surface area contributed by atoms with E-state index < -0.39 is 0 Å². The summed E-state index contributed by atoms with van der Waals surface area (Å²) in [5.74, 6) is 1.24. The fourth-order valence-electron chi connectivity index (χ4n) is 5.48. The molecule has 3 aliphatic rings. The number of carbonyl (C=O) groups excluding carboxylic acids is 1. The lowest BCUT2D eigenvalue weighted by Crippen LogP contribution is -2.57. The molecule has 6 heteroatoms. The lowest BCUT2D eigenvalue weighted by molar-refractivity contribution is -0.158. The van der Waals surface area contributed by atoms with Gasteiger partial charge in [0.05, 0.1) is 29.9 Å². The Morgan fingerprint density at radius 3 is 2.85 bits per heavy atom. The average molecular weight is 361 g/mol. The van der Waals surface area contributed by atoms with E-state index in [0.717, 1.165) is 37.3 Å². The van der Waals surface area contributed by atoms with Gasteiger partial charge in [0, 0.05) is 31.2 Å². The van der Waals surface area contributed by atoms with E-state index in [4.69, 9.17) is 9.26 Å². The standard InChI is InChI=1S/C20H31N3O3/c1-5-20(18(24)22-8-9-25-19(3,4)13-22)11-15-6-7-17(20)23(15)12-16-10-14(2)21-26-16/h10,15,17H,5-9,11-13H2,1-4H3/t15-,17+,20+/m0/s1. The molecule has 144 valence electrons. The van der Waals surface area contributed by atoms with Crippen molar-refractivity contribution in [2.24, 2.45) is 5.41 Å². The Bertz CT molecular complexity index is 686. The minimum absolute atomic E-state index is 0.252. The van der Waals surface area contributed by atoms with E-state index in [2.05, 4.69) is 35.7 Å². The summed E-state index contributed by atoms with van der Waals surface area (Å²) in [5, 5.41) is 4.02. The van der Waals surface area contributed by atoms with Crippen molar-refractivity contribution in [1.29, 1.82) is 0 Å². The van der Waals surface area contributed by atoms with Crippen LogP contribution in [0.4, 0.5) is 0 Å². The number of hydrogen-bond acceptors (Lipinski definition) is 5. The van der Waals surface area contributed by atoms with Crippen molar-refractivity contribution in [3.05, 3.63) is 17.5 Å².